The number of ether oxygens (including phenoxy) is 2. The van der Waals surface area contributed by atoms with Crippen LogP contribution in [0, 0.1) is 0 Å². The SMILES string of the molecule is CCc1cccc(CC)c1NC(=O)COC(=O)COC. The van der Waals surface area contributed by atoms with E-state index in [0.29, 0.717) is 0 Å². The molecular weight excluding hydrogens is 258 g/mol. The van der Waals surface area contributed by atoms with Gasteiger partial charge in [-0.15, -0.1) is 0 Å². The molecule has 110 valence electrons. The maximum absolute atomic E-state index is 11.8. The molecule has 0 aliphatic heterocycles. The zero-order valence-electron chi connectivity index (χ0n) is 12.2. The van der Waals surface area contributed by atoms with E-state index in [4.69, 9.17) is 4.74 Å². The molecule has 0 atom stereocenters. The van der Waals surface area contributed by atoms with E-state index in [9.17, 15) is 9.59 Å². The van der Waals surface area contributed by atoms with Crippen molar-refractivity contribution >= 4 is 17.6 Å². The molecule has 1 N–H and O–H groups in total. The number of carbonyl (C=O) groups is 2. The topological polar surface area (TPSA) is 64.6 Å². The van der Waals surface area contributed by atoms with Gasteiger partial charge in [-0.2, -0.15) is 0 Å². The van der Waals surface area contributed by atoms with Crippen LogP contribution in [-0.2, 0) is 31.9 Å². The van der Waals surface area contributed by atoms with E-state index >= 15 is 0 Å². The lowest BCUT2D eigenvalue weighted by Crippen LogP contribution is -2.23. The van der Waals surface area contributed by atoms with Crippen LogP contribution in [0.5, 0.6) is 0 Å². The lowest BCUT2D eigenvalue weighted by atomic mass is 10.0. The summed E-state index contributed by atoms with van der Waals surface area (Å²) in [6, 6.07) is 5.93. The Bertz CT molecular complexity index is 449. The summed E-state index contributed by atoms with van der Waals surface area (Å²) in [5.74, 6) is -0.896. The number of methoxy groups -OCH3 is 1. The summed E-state index contributed by atoms with van der Waals surface area (Å²) in [7, 11) is 1.40. The van der Waals surface area contributed by atoms with E-state index in [0.717, 1.165) is 29.7 Å². The summed E-state index contributed by atoms with van der Waals surface area (Å²) < 4.78 is 9.41. The molecule has 0 unspecified atom stereocenters. The molecule has 0 aromatic heterocycles. The minimum absolute atomic E-state index is 0.154. The third kappa shape index (κ3) is 4.66. The second-order valence-electron chi connectivity index (χ2n) is 4.30. The number of carbonyl (C=O) groups excluding carboxylic acids is 2. The molecule has 0 spiro atoms. The summed E-state index contributed by atoms with van der Waals surface area (Å²) in [6.07, 6.45) is 1.65. The van der Waals surface area contributed by atoms with Gasteiger partial charge in [-0.1, -0.05) is 32.0 Å². The van der Waals surface area contributed by atoms with Crippen molar-refractivity contribution in [3.63, 3.8) is 0 Å². The minimum atomic E-state index is -0.554. The van der Waals surface area contributed by atoms with Crippen molar-refractivity contribution in [1.82, 2.24) is 0 Å². The van der Waals surface area contributed by atoms with Gasteiger partial charge in [-0.05, 0) is 24.0 Å². The number of amides is 1. The Morgan fingerprint density at radius 2 is 1.70 bits per heavy atom. The van der Waals surface area contributed by atoms with Crippen molar-refractivity contribution in [2.75, 3.05) is 25.6 Å². The van der Waals surface area contributed by atoms with E-state index in [2.05, 4.69) is 10.1 Å². The summed E-state index contributed by atoms with van der Waals surface area (Å²) in [5.41, 5.74) is 2.96. The van der Waals surface area contributed by atoms with Crippen LogP contribution in [0.4, 0.5) is 5.69 Å². The highest BCUT2D eigenvalue weighted by molar-refractivity contribution is 5.94. The number of para-hydroxylation sites is 1. The fraction of sp³-hybridized carbons (Fsp3) is 0.467. The first kappa shape index (κ1) is 16.2. The Balaban J connectivity index is 2.68. The highest BCUT2D eigenvalue weighted by Crippen LogP contribution is 2.22. The van der Waals surface area contributed by atoms with E-state index < -0.39 is 5.97 Å². The summed E-state index contributed by atoms with van der Waals surface area (Å²) >= 11 is 0. The maximum Gasteiger partial charge on any atom is 0.332 e. The zero-order chi connectivity index (χ0) is 15.0. The van der Waals surface area contributed by atoms with E-state index in [1.165, 1.54) is 7.11 Å². The number of esters is 1. The molecular formula is C15H21NO4. The van der Waals surface area contributed by atoms with Crippen LogP contribution in [0.15, 0.2) is 18.2 Å². The number of nitrogens with one attached hydrogen (secondary N) is 1. The number of hydrogen-bond acceptors (Lipinski definition) is 4. The van der Waals surface area contributed by atoms with Crippen molar-refractivity contribution < 1.29 is 19.1 Å². The van der Waals surface area contributed by atoms with Crippen LogP contribution < -0.4 is 5.32 Å². The highest BCUT2D eigenvalue weighted by Gasteiger charge is 2.11. The predicted molar refractivity (Wildman–Crippen MR) is 76.7 cm³/mol. The Labute approximate surface area is 119 Å². The zero-order valence-corrected chi connectivity index (χ0v) is 12.2. The molecule has 0 radical (unpaired) electrons. The third-order valence-corrected chi connectivity index (χ3v) is 2.89. The molecule has 0 saturated carbocycles. The van der Waals surface area contributed by atoms with Crippen LogP contribution in [0.1, 0.15) is 25.0 Å². The van der Waals surface area contributed by atoms with Crippen molar-refractivity contribution in [3.8, 4) is 0 Å². The molecule has 1 rings (SSSR count). The van der Waals surface area contributed by atoms with Gasteiger partial charge in [-0.3, -0.25) is 4.79 Å². The summed E-state index contributed by atoms with van der Waals surface area (Å²) in [6.45, 7) is 3.61. The average molecular weight is 279 g/mol. The van der Waals surface area contributed by atoms with Crippen molar-refractivity contribution in [2.45, 2.75) is 26.7 Å². The molecule has 1 aromatic carbocycles. The van der Waals surface area contributed by atoms with Crippen LogP contribution in [-0.4, -0.2) is 32.2 Å². The predicted octanol–water partition coefficient (Wildman–Crippen LogP) is 1.94. The molecule has 1 amide bonds. The maximum atomic E-state index is 11.8. The van der Waals surface area contributed by atoms with Gasteiger partial charge in [0.05, 0.1) is 0 Å². The minimum Gasteiger partial charge on any atom is -0.454 e. The normalized spacial score (nSPS) is 10.2. The van der Waals surface area contributed by atoms with E-state index in [1.807, 2.05) is 32.0 Å². The summed E-state index contributed by atoms with van der Waals surface area (Å²) in [4.78, 5) is 22.9. The molecule has 0 aliphatic rings. The molecule has 5 nitrogen and oxygen atoms in total. The van der Waals surface area contributed by atoms with Crippen LogP contribution in [0.3, 0.4) is 0 Å². The molecule has 0 fully saturated rings. The molecule has 0 aliphatic carbocycles. The largest absolute Gasteiger partial charge is 0.454 e. The molecule has 0 heterocycles. The second-order valence-corrected chi connectivity index (χ2v) is 4.30. The number of aryl methyl sites for hydroxylation is 2. The second kappa shape index (κ2) is 8.32. The quantitative estimate of drug-likeness (QED) is 0.775. The highest BCUT2D eigenvalue weighted by atomic mass is 16.6. The smallest absolute Gasteiger partial charge is 0.332 e. The van der Waals surface area contributed by atoms with Crippen molar-refractivity contribution in [3.05, 3.63) is 29.3 Å². The van der Waals surface area contributed by atoms with Crippen LogP contribution in [0.25, 0.3) is 0 Å². The standard InChI is InChI=1S/C15H21NO4/c1-4-11-7-6-8-12(5-2)15(11)16-13(17)9-20-14(18)10-19-3/h6-8H,4-5,9-10H2,1-3H3,(H,16,17). The average Bonchev–Trinajstić information content (AvgIpc) is 2.45. The monoisotopic (exact) mass is 279 g/mol. The van der Waals surface area contributed by atoms with Gasteiger partial charge in [0.2, 0.25) is 0 Å². The Morgan fingerprint density at radius 1 is 1.10 bits per heavy atom. The Hall–Kier alpha value is -1.88. The molecule has 0 saturated heterocycles. The van der Waals surface area contributed by atoms with E-state index in [-0.39, 0.29) is 19.1 Å². The van der Waals surface area contributed by atoms with Gasteiger partial charge in [0.25, 0.3) is 5.91 Å². The first-order valence-electron chi connectivity index (χ1n) is 6.67. The van der Waals surface area contributed by atoms with Gasteiger partial charge >= 0.3 is 5.97 Å². The Kier molecular flexibility index (Phi) is 6.73. The first-order chi connectivity index (χ1) is 9.62. The van der Waals surface area contributed by atoms with Gasteiger partial charge < -0.3 is 14.8 Å². The number of rotatable bonds is 7. The third-order valence-electron chi connectivity index (χ3n) is 2.89. The number of hydrogen-bond donors (Lipinski definition) is 1. The van der Waals surface area contributed by atoms with Crippen LogP contribution >= 0.6 is 0 Å². The lowest BCUT2D eigenvalue weighted by molar-refractivity contribution is -0.150. The molecule has 20 heavy (non-hydrogen) atoms. The fourth-order valence-electron chi connectivity index (χ4n) is 1.88. The van der Waals surface area contributed by atoms with Gasteiger partial charge in [-0.25, -0.2) is 4.79 Å². The van der Waals surface area contributed by atoms with Crippen LogP contribution in [0.2, 0.25) is 0 Å². The number of anilines is 1. The van der Waals surface area contributed by atoms with Gasteiger partial charge in [0.1, 0.15) is 6.61 Å². The van der Waals surface area contributed by atoms with Gasteiger partial charge in [0.15, 0.2) is 6.61 Å². The first-order valence-corrected chi connectivity index (χ1v) is 6.67. The van der Waals surface area contributed by atoms with Crippen molar-refractivity contribution in [2.24, 2.45) is 0 Å². The lowest BCUT2D eigenvalue weighted by Gasteiger charge is -2.14. The number of benzene rings is 1. The molecule has 1 aromatic rings. The Morgan fingerprint density at radius 3 is 2.20 bits per heavy atom. The fourth-order valence-corrected chi connectivity index (χ4v) is 1.88. The van der Waals surface area contributed by atoms with Crippen molar-refractivity contribution in [1.29, 1.82) is 0 Å². The molecule has 0 bridgehead atoms. The van der Waals surface area contributed by atoms with Gasteiger partial charge in [0, 0.05) is 12.8 Å². The van der Waals surface area contributed by atoms with E-state index in [1.54, 1.807) is 0 Å². The summed E-state index contributed by atoms with van der Waals surface area (Å²) in [5, 5.41) is 2.82. The molecule has 5 heteroatoms.